The average molecular weight is 391 g/mol. The maximum Gasteiger partial charge on any atom is 0.126 e. The zero-order valence-corrected chi connectivity index (χ0v) is 16.4. The van der Waals surface area contributed by atoms with Crippen LogP contribution in [0.25, 0.3) is 5.70 Å². The quantitative estimate of drug-likeness (QED) is 0.399. The maximum absolute atomic E-state index is 5.95. The third-order valence-corrected chi connectivity index (χ3v) is 5.00. The van der Waals surface area contributed by atoms with E-state index < -0.39 is 0 Å². The van der Waals surface area contributed by atoms with Crippen molar-refractivity contribution in [2.75, 3.05) is 12.8 Å². The lowest BCUT2D eigenvalue weighted by atomic mass is 10.1. The number of rotatable bonds is 5. The third-order valence-electron chi connectivity index (χ3n) is 4.65. The number of anilines is 1. The van der Waals surface area contributed by atoms with E-state index in [2.05, 4.69) is 21.6 Å². The molecule has 4 rings (SSSR count). The molecule has 1 aliphatic heterocycles. The highest BCUT2D eigenvalue weighted by atomic mass is 32.1. The Morgan fingerprint density at radius 1 is 1.07 bits per heavy atom. The van der Waals surface area contributed by atoms with E-state index in [0.29, 0.717) is 13.1 Å². The van der Waals surface area contributed by atoms with Crippen molar-refractivity contribution in [1.82, 2.24) is 9.47 Å². The van der Waals surface area contributed by atoms with Crippen molar-refractivity contribution in [3.05, 3.63) is 84.4 Å². The Morgan fingerprint density at radius 2 is 1.86 bits per heavy atom. The Kier molecular flexibility index (Phi) is 5.04. The summed E-state index contributed by atoms with van der Waals surface area (Å²) in [6.45, 7) is 1.30. The lowest BCUT2D eigenvalue weighted by molar-refractivity contribution is 0.412. The van der Waals surface area contributed by atoms with Crippen molar-refractivity contribution in [2.45, 2.75) is 13.1 Å². The predicted molar refractivity (Wildman–Crippen MR) is 115 cm³/mol. The molecular formula is C22H21N3O2S. The first kappa shape index (κ1) is 18.1. The van der Waals surface area contributed by atoms with Gasteiger partial charge in [-0.2, -0.15) is 0 Å². The minimum Gasteiger partial charge on any atom is -0.497 e. The molecule has 0 spiro atoms. The van der Waals surface area contributed by atoms with Crippen molar-refractivity contribution >= 4 is 28.6 Å². The fourth-order valence-electron chi connectivity index (χ4n) is 3.24. The summed E-state index contributed by atoms with van der Waals surface area (Å²) in [5.41, 5.74) is 9.76. The van der Waals surface area contributed by atoms with Crippen LogP contribution in [-0.4, -0.2) is 21.6 Å². The van der Waals surface area contributed by atoms with Gasteiger partial charge in [-0.25, -0.2) is 0 Å². The van der Waals surface area contributed by atoms with Crippen LogP contribution < -0.4 is 15.2 Å². The van der Waals surface area contributed by atoms with Gasteiger partial charge in [0.05, 0.1) is 19.3 Å². The van der Waals surface area contributed by atoms with Crippen LogP contribution in [0.15, 0.2) is 73.1 Å². The fraction of sp³-hybridized carbons (Fsp3) is 0.136. The molecule has 0 saturated heterocycles. The molecule has 0 unspecified atom stereocenters. The molecule has 1 aliphatic rings. The standard InChI is InChI=1S/C22H21N3O2S/c1-26-18-7-9-19(10-8-18)27-15-21-20-6-3-11-24(20)14-22(28)25(21)13-16-4-2-5-17(23)12-16/h2-12,15H,13-14,23H2,1H3/b21-15+. The molecule has 0 fully saturated rings. The molecule has 0 amide bonds. The van der Waals surface area contributed by atoms with Crippen LogP contribution in [0.4, 0.5) is 5.69 Å². The second-order valence-electron chi connectivity index (χ2n) is 6.54. The number of nitrogens with two attached hydrogens (primary N) is 1. The molecule has 1 aromatic heterocycles. The Balaban J connectivity index is 1.65. The lowest BCUT2D eigenvalue weighted by Crippen LogP contribution is -2.36. The highest BCUT2D eigenvalue weighted by Gasteiger charge is 2.25. The van der Waals surface area contributed by atoms with Crippen LogP contribution in [0.2, 0.25) is 0 Å². The first-order chi connectivity index (χ1) is 13.6. The summed E-state index contributed by atoms with van der Waals surface area (Å²) in [5, 5.41) is 0. The predicted octanol–water partition coefficient (Wildman–Crippen LogP) is 4.30. The molecule has 2 N–H and O–H groups in total. The number of fused-ring (bicyclic) bond motifs is 1. The van der Waals surface area contributed by atoms with Gasteiger partial charge in [0, 0.05) is 18.4 Å². The summed E-state index contributed by atoms with van der Waals surface area (Å²) in [6, 6.07) is 19.4. The van der Waals surface area contributed by atoms with Crippen molar-refractivity contribution in [2.24, 2.45) is 0 Å². The summed E-state index contributed by atoms with van der Waals surface area (Å²) in [5.74, 6) is 1.52. The van der Waals surface area contributed by atoms with Crippen LogP contribution >= 0.6 is 12.2 Å². The molecule has 3 aromatic rings. The van der Waals surface area contributed by atoms with Gasteiger partial charge in [0.2, 0.25) is 0 Å². The summed E-state index contributed by atoms with van der Waals surface area (Å²) >= 11 is 5.70. The van der Waals surface area contributed by atoms with Crippen LogP contribution in [-0.2, 0) is 13.1 Å². The van der Waals surface area contributed by atoms with Crippen molar-refractivity contribution in [3.8, 4) is 11.5 Å². The molecule has 142 valence electrons. The van der Waals surface area contributed by atoms with E-state index in [-0.39, 0.29) is 0 Å². The zero-order valence-electron chi connectivity index (χ0n) is 15.5. The van der Waals surface area contributed by atoms with Gasteiger partial charge in [-0.15, -0.1) is 0 Å². The molecule has 0 atom stereocenters. The van der Waals surface area contributed by atoms with Gasteiger partial charge in [0.25, 0.3) is 0 Å². The Bertz CT molecular complexity index is 1020. The molecule has 0 aliphatic carbocycles. The van der Waals surface area contributed by atoms with Crippen molar-refractivity contribution in [1.29, 1.82) is 0 Å². The van der Waals surface area contributed by atoms with Gasteiger partial charge < -0.3 is 24.7 Å². The van der Waals surface area contributed by atoms with Gasteiger partial charge in [0.1, 0.15) is 28.4 Å². The molecule has 6 heteroatoms. The number of aromatic nitrogens is 1. The molecule has 2 heterocycles. The second-order valence-corrected chi connectivity index (χ2v) is 7.01. The van der Waals surface area contributed by atoms with E-state index in [1.54, 1.807) is 13.4 Å². The van der Waals surface area contributed by atoms with Crippen LogP contribution in [0.5, 0.6) is 11.5 Å². The van der Waals surface area contributed by atoms with Gasteiger partial charge in [-0.3, -0.25) is 0 Å². The highest BCUT2D eigenvalue weighted by Crippen LogP contribution is 2.29. The molecule has 5 nitrogen and oxygen atoms in total. The van der Waals surface area contributed by atoms with Crippen LogP contribution in [0, 0.1) is 0 Å². The summed E-state index contributed by atoms with van der Waals surface area (Å²) in [6.07, 6.45) is 3.78. The minimum atomic E-state index is 0.632. The molecular weight excluding hydrogens is 370 g/mol. The van der Waals surface area contributed by atoms with Gasteiger partial charge >= 0.3 is 0 Å². The molecule has 0 saturated carbocycles. The lowest BCUT2D eigenvalue weighted by Gasteiger charge is -2.33. The normalized spacial score (nSPS) is 14.8. The highest BCUT2D eigenvalue weighted by molar-refractivity contribution is 7.80. The number of benzene rings is 2. The Morgan fingerprint density at radius 3 is 2.61 bits per heavy atom. The van der Waals surface area contributed by atoms with Gasteiger partial charge in [0.15, 0.2) is 0 Å². The smallest absolute Gasteiger partial charge is 0.126 e. The number of methoxy groups -OCH3 is 1. The number of thiocarbonyl (C=S) groups is 1. The van der Waals surface area contributed by atoms with E-state index in [4.69, 9.17) is 27.4 Å². The van der Waals surface area contributed by atoms with E-state index in [1.165, 1.54) is 0 Å². The molecule has 28 heavy (non-hydrogen) atoms. The topological polar surface area (TPSA) is 52.7 Å². The summed E-state index contributed by atoms with van der Waals surface area (Å²) in [4.78, 5) is 2.93. The van der Waals surface area contributed by atoms with E-state index in [9.17, 15) is 0 Å². The number of hydrogen-bond acceptors (Lipinski definition) is 4. The summed E-state index contributed by atoms with van der Waals surface area (Å²) < 4.78 is 13.3. The molecule has 0 radical (unpaired) electrons. The fourth-order valence-corrected chi connectivity index (χ4v) is 3.54. The number of nitrogen functional groups attached to an aromatic ring is 1. The summed E-state index contributed by atoms with van der Waals surface area (Å²) in [7, 11) is 1.64. The number of hydrogen-bond donors (Lipinski definition) is 1. The monoisotopic (exact) mass is 391 g/mol. The van der Waals surface area contributed by atoms with E-state index in [0.717, 1.165) is 39.1 Å². The zero-order chi connectivity index (χ0) is 19.5. The van der Waals surface area contributed by atoms with Gasteiger partial charge in [-0.1, -0.05) is 24.4 Å². The molecule has 0 bridgehead atoms. The average Bonchev–Trinajstić information content (AvgIpc) is 3.16. The van der Waals surface area contributed by atoms with E-state index in [1.807, 2.05) is 54.7 Å². The Labute approximate surface area is 169 Å². The SMILES string of the molecule is COc1ccc(O/C=C2\c3cccn3CC(=S)N2Cc2cccc(N)c2)cc1. The number of nitrogens with zero attached hydrogens (tertiary/aromatic N) is 2. The minimum absolute atomic E-state index is 0.632. The van der Waals surface area contributed by atoms with Crippen molar-refractivity contribution < 1.29 is 9.47 Å². The third kappa shape index (κ3) is 3.73. The first-order valence-corrected chi connectivity index (χ1v) is 9.36. The van der Waals surface area contributed by atoms with E-state index >= 15 is 0 Å². The van der Waals surface area contributed by atoms with Crippen LogP contribution in [0.1, 0.15) is 11.3 Å². The number of ether oxygens (including phenoxy) is 2. The maximum atomic E-state index is 5.95. The van der Waals surface area contributed by atoms with Gasteiger partial charge in [-0.05, 0) is 54.1 Å². The first-order valence-electron chi connectivity index (χ1n) is 8.95. The second kappa shape index (κ2) is 7.78. The molecule has 2 aromatic carbocycles. The van der Waals surface area contributed by atoms with Crippen molar-refractivity contribution in [3.63, 3.8) is 0 Å². The van der Waals surface area contributed by atoms with Crippen LogP contribution in [0.3, 0.4) is 0 Å². The largest absolute Gasteiger partial charge is 0.497 e. The Hall–Kier alpha value is -3.25.